The van der Waals surface area contributed by atoms with Crippen LogP contribution in [0.5, 0.6) is 0 Å². The lowest BCUT2D eigenvalue weighted by Crippen LogP contribution is -2.36. The van der Waals surface area contributed by atoms with Crippen molar-refractivity contribution in [2.75, 3.05) is 13.6 Å². The van der Waals surface area contributed by atoms with Crippen molar-refractivity contribution >= 4 is 17.2 Å². The average molecular weight is 320 g/mol. The van der Waals surface area contributed by atoms with E-state index in [2.05, 4.69) is 4.98 Å². The van der Waals surface area contributed by atoms with Gasteiger partial charge in [-0.15, -0.1) is 11.3 Å². The lowest BCUT2D eigenvalue weighted by atomic mass is 10.2. The number of rotatable bonds is 6. The first-order valence-corrected chi connectivity index (χ1v) is 8.34. The Hall–Kier alpha value is -1.66. The van der Waals surface area contributed by atoms with Crippen molar-refractivity contribution in [3.63, 3.8) is 0 Å². The summed E-state index contributed by atoms with van der Waals surface area (Å²) in [5, 5.41) is 11.9. The van der Waals surface area contributed by atoms with E-state index in [0.29, 0.717) is 29.8 Å². The van der Waals surface area contributed by atoms with Crippen LogP contribution in [0.15, 0.2) is 21.9 Å². The molecule has 3 rings (SSSR count). The minimum Gasteiger partial charge on any atom is -0.440 e. The minimum atomic E-state index is -0.408. The zero-order chi connectivity index (χ0) is 15.7. The number of nitrogens with zero attached hydrogens (tertiary/aromatic N) is 2. The number of hydrogen-bond acceptors (Lipinski definition) is 5. The van der Waals surface area contributed by atoms with E-state index in [1.165, 1.54) is 0 Å². The number of carbonyl (C=O) groups excluding carboxylic acids is 1. The van der Waals surface area contributed by atoms with Crippen LogP contribution in [0.4, 0.5) is 0 Å². The standard InChI is InChI=1S/C16H20N2O3S/c1-10-12(17-16(21-10)14-4-3-7-22-14)8-15(20)18(2)9-13(19)11-5-6-11/h3-4,7,11,13,19H,5-6,8-9H2,1-2H3. The van der Waals surface area contributed by atoms with Crippen LogP contribution in [0.2, 0.25) is 0 Å². The molecule has 22 heavy (non-hydrogen) atoms. The summed E-state index contributed by atoms with van der Waals surface area (Å²) in [4.78, 5) is 19.3. The summed E-state index contributed by atoms with van der Waals surface area (Å²) in [6.45, 7) is 2.21. The molecule has 118 valence electrons. The van der Waals surface area contributed by atoms with E-state index in [1.54, 1.807) is 23.3 Å². The van der Waals surface area contributed by atoms with E-state index >= 15 is 0 Å². The van der Waals surface area contributed by atoms with Gasteiger partial charge in [-0.2, -0.15) is 0 Å². The van der Waals surface area contributed by atoms with Crippen LogP contribution in [0.3, 0.4) is 0 Å². The molecule has 5 nitrogen and oxygen atoms in total. The second kappa shape index (κ2) is 6.22. The summed E-state index contributed by atoms with van der Waals surface area (Å²) < 4.78 is 5.65. The number of amides is 1. The maximum absolute atomic E-state index is 12.3. The predicted octanol–water partition coefficient (Wildman–Crippen LogP) is 2.48. The second-order valence-corrected chi connectivity index (χ2v) is 6.80. The summed E-state index contributed by atoms with van der Waals surface area (Å²) in [6.07, 6.45) is 1.93. The fraction of sp³-hybridized carbons (Fsp3) is 0.500. The maximum atomic E-state index is 12.3. The molecule has 1 aliphatic carbocycles. The van der Waals surface area contributed by atoms with Crippen molar-refractivity contribution in [2.45, 2.75) is 32.3 Å². The van der Waals surface area contributed by atoms with Crippen molar-refractivity contribution in [3.05, 3.63) is 29.0 Å². The molecule has 6 heteroatoms. The molecule has 0 spiro atoms. The van der Waals surface area contributed by atoms with Crippen molar-refractivity contribution in [1.82, 2.24) is 9.88 Å². The highest BCUT2D eigenvalue weighted by atomic mass is 32.1. The number of aliphatic hydroxyl groups excluding tert-OH is 1. The van der Waals surface area contributed by atoms with Crippen molar-refractivity contribution < 1.29 is 14.3 Å². The Kier molecular flexibility index (Phi) is 4.31. The number of oxazole rings is 1. The molecule has 1 amide bonds. The summed E-state index contributed by atoms with van der Waals surface area (Å²) >= 11 is 1.56. The van der Waals surface area contributed by atoms with E-state index in [-0.39, 0.29) is 12.3 Å². The average Bonchev–Trinajstić information content (AvgIpc) is 3.08. The smallest absolute Gasteiger partial charge is 0.236 e. The van der Waals surface area contributed by atoms with Gasteiger partial charge in [0, 0.05) is 13.6 Å². The van der Waals surface area contributed by atoms with E-state index in [4.69, 9.17) is 4.42 Å². The van der Waals surface area contributed by atoms with Gasteiger partial charge in [0.1, 0.15) is 5.76 Å². The van der Waals surface area contributed by atoms with Gasteiger partial charge in [-0.05, 0) is 37.1 Å². The van der Waals surface area contributed by atoms with Crippen molar-refractivity contribution in [2.24, 2.45) is 5.92 Å². The first-order valence-electron chi connectivity index (χ1n) is 7.47. The van der Waals surface area contributed by atoms with Gasteiger partial charge in [-0.3, -0.25) is 4.79 Å². The van der Waals surface area contributed by atoms with E-state index < -0.39 is 6.10 Å². The highest BCUT2D eigenvalue weighted by Crippen LogP contribution is 2.32. The van der Waals surface area contributed by atoms with E-state index in [1.807, 2.05) is 24.4 Å². The van der Waals surface area contributed by atoms with E-state index in [9.17, 15) is 9.90 Å². The third-order valence-corrected chi connectivity index (χ3v) is 4.85. The Balaban J connectivity index is 1.63. The van der Waals surface area contributed by atoms with Gasteiger partial charge in [0.15, 0.2) is 0 Å². The number of aliphatic hydroxyl groups is 1. The maximum Gasteiger partial charge on any atom is 0.236 e. The fourth-order valence-electron chi connectivity index (χ4n) is 2.39. The molecule has 2 aromatic rings. The molecule has 1 atom stereocenters. The van der Waals surface area contributed by atoms with Gasteiger partial charge >= 0.3 is 0 Å². The Morgan fingerprint density at radius 3 is 3.00 bits per heavy atom. The molecule has 0 aromatic carbocycles. The van der Waals surface area contributed by atoms with Crippen LogP contribution in [-0.4, -0.2) is 40.6 Å². The lowest BCUT2D eigenvalue weighted by molar-refractivity contribution is -0.130. The van der Waals surface area contributed by atoms with Gasteiger partial charge in [0.05, 0.1) is 23.1 Å². The third-order valence-electron chi connectivity index (χ3n) is 4.00. The Morgan fingerprint density at radius 1 is 1.59 bits per heavy atom. The van der Waals surface area contributed by atoms with Gasteiger partial charge in [0.2, 0.25) is 11.8 Å². The molecule has 0 aliphatic heterocycles. The van der Waals surface area contributed by atoms with Gasteiger partial charge < -0.3 is 14.4 Å². The normalized spacial score (nSPS) is 15.8. The first kappa shape index (κ1) is 15.2. The van der Waals surface area contributed by atoms with Gasteiger partial charge in [-0.25, -0.2) is 4.98 Å². The van der Waals surface area contributed by atoms with Gasteiger partial charge in [0.25, 0.3) is 0 Å². The third kappa shape index (κ3) is 3.39. The predicted molar refractivity (Wildman–Crippen MR) is 84.6 cm³/mol. The zero-order valence-corrected chi connectivity index (χ0v) is 13.6. The number of aryl methyl sites for hydroxylation is 1. The minimum absolute atomic E-state index is 0.0474. The van der Waals surface area contributed by atoms with Gasteiger partial charge in [-0.1, -0.05) is 6.07 Å². The van der Waals surface area contributed by atoms with Crippen LogP contribution in [0.1, 0.15) is 24.3 Å². The Morgan fingerprint density at radius 2 is 2.36 bits per heavy atom. The summed E-state index contributed by atoms with van der Waals surface area (Å²) in [5.41, 5.74) is 0.668. The molecule has 1 N–H and O–H groups in total. The number of aromatic nitrogens is 1. The number of thiophene rings is 1. The molecule has 2 heterocycles. The van der Waals surface area contributed by atoms with Crippen LogP contribution < -0.4 is 0 Å². The largest absolute Gasteiger partial charge is 0.440 e. The van der Waals surface area contributed by atoms with Crippen molar-refractivity contribution in [3.8, 4) is 10.8 Å². The molecular weight excluding hydrogens is 300 g/mol. The highest BCUT2D eigenvalue weighted by molar-refractivity contribution is 7.13. The van der Waals surface area contributed by atoms with Crippen LogP contribution in [-0.2, 0) is 11.2 Å². The topological polar surface area (TPSA) is 66.6 Å². The quantitative estimate of drug-likeness (QED) is 0.888. The monoisotopic (exact) mass is 320 g/mol. The summed E-state index contributed by atoms with van der Waals surface area (Å²) in [7, 11) is 1.73. The van der Waals surface area contributed by atoms with Crippen LogP contribution in [0, 0.1) is 12.8 Å². The number of hydrogen-bond donors (Lipinski definition) is 1. The Labute approximate surface area is 133 Å². The molecule has 0 bridgehead atoms. The van der Waals surface area contributed by atoms with Crippen LogP contribution >= 0.6 is 11.3 Å². The molecular formula is C16H20N2O3S. The summed E-state index contributed by atoms with van der Waals surface area (Å²) in [5.74, 6) is 1.56. The molecule has 2 aromatic heterocycles. The zero-order valence-electron chi connectivity index (χ0n) is 12.8. The molecule has 0 radical (unpaired) electrons. The highest BCUT2D eigenvalue weighted by Gasteiger charge is 2.31. The number of likely N-dealkylation sites (N-methyl/N-ethyl adjacent to an activating group) is 1. The molecule has 1 unspecified atom stereocenters. The van der Waals surface area contributed by atoms with Crippen molar-refractivity contribution in [1.29, 1.82) is 0 Å². The Bertz CT molecular complexity index is 646. The fourth-order valence-corrected chi connectivity index (χ4v) is 3.04. The lowest BCUT2D eigenvalue weighted by Gasteiger charge is -2.20. The molecule has 0 saturated heterocycles. The second-order valence-electron chi connectivity index (χ2n) is 5.86. The number of carbonyl (C=O) groups is 1. The molecule has 1 fully saturated rings. The first-order chi connectivity index (χ1) is 10.5. The molecule has 1 aliphatic rings. The summed E-state index contributed by atoms with van der Waals surface area (Å²) in [6, 6.07) is 3.89. The molecule has 1 saturated carbocycles. The SMILES string of the molecule is Cc1oc(-c2cccs2)nc1CC(=O)N(C)CC(O)C1CC1. The van der Waals surface area contributed by atoms with Crippen LogP contribution in [0.25, 0.3) is 10.8 Å². The van der Waals surface area contributed by atoms with E-state index in [0.717, 1.165) is 17.7 Å².